The summed E-state index contributed by atoms with van der Waals surface area (Å²) in [5.41, 5.74) is 1.14. The number of sulfonamides is 1. The summed E-state index contributed by atoms with van der Waals surface area (Å²) in [5, 5.41) is 3.66. The van der Waals surface area contributed by atoms with Crippen molar-refractivity contribution in [2.24, 2.45) is 0 Å². The van der Waals surface area contributed by atoms with Crippen LogP contribution in [-0.2, 0) is 10.0 Å². The molecular formula is C12H15N3O3S. The summed E-state index contributed by atoms with van der Waals surface area (Å²) in [5.74, 6) is 0.281. The Morgan fingerprint density at radius 1 is 1.37 bits per heavy atom. The predicted molar refractivity (Wildman–Crippen MR) is 69.0 cm³/mol. The lowest BCUT2D eigenvalue weighted by atomic mass is 10.2. The zero-order chi connectivity index (χ0) is 14.0. The molecule has 6 nitrogen and oxygen atoms in total. The summed E-state index contributed by atoms with van der Waals surface area (Å²) in [7, 11) is -3.66. The molecule has 1 atom stereocenters. The molecule has 0 aliphatic carbocycles. The van der Waals surface area contributed by atoms with Crippen molar-refractivity contribution in [3.8, 4) is 0 Å². The van der Waals surface area contributed by atoms with E-state index in [1.807, 2.05) is 6.07 Å². The third-order valence-corrected chi connectivity index (χ3v) is 4.54. The normalized spacial score (nSPS) is 13.4. The highest BCUT2D eigenvalue weighted by Crippen LogP contribution is 2.21. The van der Waals surface area contributed by atoms with Crippen LogP contribution in [0.5, 0.6) is 0 Å². The van der Waals surface area contributed by atoms with Crippen molar-refractivity contribution < 1.29 is 12.9 Å². The van der Waals surface area contributed by atoms with Gasteiger partial charge in [0.2, 0.25) is 10.0 Å². The standard InChI is InChI=1S/C12H15N3O3S/c1-8(11-5-4-6-13-7-11)15-19(16,17)12-9(2)14-18-10(12)3/h4-8,15H,1-3H3/t8-/m0/s1. The number of aryl methyl sites for hydroxylation is 2. The van der Waals surface area contributed by atoms with Crippen molar-refractivity contribution in [2.75, 3.05) is 0 Å². The molecule has 2 rings (SSSR count). The van der Waals surface area contributed by atoms with Gasteiger partial charge in [-0.2, -0.15) is 0 Å². The molecule has 1 N–H and O–H groups in total. The van der Waals surface area contributed by atoms with Crippen LogP contribution in [0.1, 0.15) is 30.0 Å². The van der Waals surface area contributed by atoms with Crippen LogP contribution in [0.25, 0.3) is 0 Å². The van der Waals surface area contributed by atoms with Crippen molar-refractivity contribution in [2.45, 2.75) is 31.7 Å². The largest absolute Gasteiger partial charge is 0.360 e. The monoisotopic (exact) mass is 281 g/mol. The van der Waals surface area contributed by atoms with E-state index in [9.17, 15) is 8.42 Å². The molecule has 0 bridgehead atoms. The summed E-state index contributed by atoms with van der Waals surface area (Å²) >= 11 is 0. The maximum absolute atomic E-state index is 12.3. The smallest absolute Gasteiger partial charge is 0.246 e. The van der Waals surface area contributed by atoms with E-state index < -0.39 is 10.0 Å². The topological polar surface area (TPSA) is 85.1 Å². The third-order valence-electron chi connectivity index (χ3n) is 2.75. The zero-order valence-corrected chi connectivity index (χ0v) is 11.7. The molecule has 0 radical (unpaired) electrons. The van der Waals surface area contributed by atoms with E-state index >= 15 is 0 Å². The molecule has 19 heavy (non-hydrogen) atoms. The average molecular weight is 281 g/mol. The maximum Gasteiger partial charge on any atom is 0.246 e. The summed E-state index contributed by atoms with van der Waals surface area (Å²) in [6.45, 7) is 4.93. The minimum Gasteiger partial charge on any atom is -0.360 e. The Bertz CT molecular complexity index is 645. The molecule has 0 fully saturated rings. The molecule has 0 spiro atoms. The van der Waals surface area contributed by atoms with Gasteiger partial charge >= 0.3 is 0 Å². The van der Waals surface area contributed by atoms with E-state index in [4.69, 9.17) is 4.52 Å². The van der Waals surface area contributed by atoms with E-state index in [0.29, 0.717) is 5.69 Å². The number of pyridine rings is 1. The van der Waals surface area contributed by atoms with Gasteiger partial charge in [-0.05, 0) is 32.4 Å². The lowest BCUT2D eigenvalue weighted by molar-refractivity contribution is 0.390. The second-order valence-electron chi connectivity index (χ2n) is 4.28. The molecule has 2 aromatic rings. The van der Waals surface area contributed by atoms with E-state index in [2.05, 4.69) is 14.9 Å². The Hall–Kier alpha value is -1.73. The van der Waals surface area contributed by atoms with Gasteiger partial charge in [-0.3, -0.25) is 4.98 Å². The van der Waals surface area contributed by atoms with Crippen molar-refractivity contribution in [3.05, 3.63) is 41.5 Å². The Kier molecular flexibility index (Phi) is 3.68. The van der Waals surface area contributed by atoms with E-state index in [1.165, 1.54) is 0 Å². The molecule has 2 aromatic heterocycles. The number of nitrogens with one attached hydrogen (secondary N) is 1. The zero-order valence-electron chi connectivity index (χ0n) is 10.9. The van der Waals surface area contributed by atoms with Gasteiger partial charge in [-0.25, -0.2) is 13.1 Å². The quantitative estimate of drug-likeness (QED) is 0.922. The fourth-order valence-electron chi connectivity index (χ4n) is 1.85. The molecule has 0 saturated carbocycles. The predicted octanol–water partition coefficient (Wildman–Crippen LogP) is 1.73. The minimum absolute atomic E-state index is 0.100. The van der Waals surface area contributed by atoms with E-state index in [0.717, 1.165) is 5.56 Å². The minimum atomic E-state index is -3.66. The fraction of sp³-hybridized carbons (Fsp3) is 0.333. The molecule has 0 amide bonds. The molecule has 0 saturated heterocycles. The lowest BCUT2D eigenvalue weighted by Gasteiger charge is -2.13. The highest BCUT2D eigenvalue weighted by molar-refractivity contribution is 7.89. The van der Waals surface area contributed by atoms with Gasteiger partial charge in [0, 0.05) is 18.4 Å². The van der Waals surface area contributed by atoms with Crippen LogP contribution in [0.15, 0.2) is 33.9 Å². The first-order chi connectivity index (χ1) is 8.92. The van der Waals surface area contributed by atoms with Gasteiger partial charge in [0.15, 0.2) is 5.76 Å². The van der Waals surface area contributed by atoms with Crippen molar-refractivity contribution >= 4 is 10.0 Å². The second-order valence-corrected chi connectivity index (χ2v) is 5.93. The molecular weight excluding hydrogens is 266 g/mol. The summed E-state index contributed by atoms with van der Waals surface area (Å²) in [4.78, 5) is 4.07. The van der Waals surface area contributed by atoms with Gasteiger partial charge in [0.1, 0.15) is 10.6 Å². The lowest BCUT2D eigenvalue weighted by Crippen LogP contribution is -2.27. The molecule has 0 aromatic carbocycles. The third kappa shape index (κ3) is 2.82. The number of hydrogen-bond donors (Lipinski definition) is 1. The highest BCUT2D eigenvalue weighted by atomic mass is 32.2. The number of hydrogen-bond acceptors (Lipinski definition) is 5. The van der Waals surface area contributed by atoms with Crippen LogP contribution in [0.2, 0.25) is 0 Å². The van der Waals surface area contributed by atoms with E-state index in [1.54, 1.807) is 39.2 Å². The maximum atomic E-state index is 12.3. The summed E-state index contributed by atoms with van der Waals surface area (Å²) in [6, 6.07) is 3.19. The fourth-order valence-corrected chi connectivity index (χ4v) is 3.41. The Morgan fingerprint density at radius 2 is 2.11 bits per heavy atom. The SMILES string of the molecule is Cc1noc(C)c1S(=O)(=O)N[C@@H](C)c1cccnc1. The first kappa shape index (κ1) is 13.7. The Balaban J connectivity index is 2.28. The second kappa shape index (κ2) is 5.10. The molecule has 102 valence electrons. The number of nitrogens with zero attached hydrogens (tertiary/aromatic N) is 2. The van der Waals surface area contributed by atoms with Crippen molar-refractivity contribution in [3.63, 3.8) is 0 Å². The van der Waals surface area contributed by atoms with E-state index in [-0.39, 0.29) is 16.7 Å². The Morgan fingerprint density at radius 3 is 2.63 bits per heavy atom. The summed E-state index contributed by atoms with van der Waals surface area (Å²) < 4.78 is 32.1. The first-order valence-corrected chi connectivity index (χ1v) is 7.25. The average Bonchev–Trinajstić information content (AvgIpc) is 2.70. The van der Waals surface area contributed by atoms with Gasteiger partial charge < -0.3 is 4.52 Å². The number of aromatic nitrogens is 2. The molecule has 0 unspecified atom stereocenters. The Labute approximate surface area is 111 Å². The van der Waals surface area contributed by atoms with Crippen LogP contribution in [-0.4, -0.2) is 18.6 Å². The molecule has 7 heteroatoms. The van der Waals surface area contributed by atoms with Crippen LogP contribution >= 0.6 is 0 Å². The molecule has 0 aliphatic rings. The summed E-state index contributed by atoms with van der Waals surface area (Å²) in [6.07, 6.45) is 3.26. The van der Waals surface area contributed by atoms with Gasteiger partial charge in [-0.15, -0.1) is 0 Å². The van der Waals surface area contributed by atoms with Crippen LogP contribution in [0.4, 0.5) is 0 Å². The van der Waals surface area contributed by atoms with Gasteiger partial charge in [-0.1, -0.05) is 11.2 Å². The van der Waals surface area contributed by atoms with Crippen LogP contribution in [0.3, 0.4) is 0 Å². The first-order valence-electron chi connectivity index (χ1n) is 5.77. The number of rotatable bonds is 4. The molecule has 0 aliphatic heterocycles. The van der Waals surface area contributed by atoms with Crippen molar-refractivity contribution in [1.82, 2.24) is 14.9 Å². The van der Waals surface area contributed by atoms with Gasteiger partial charge in [0.05, 0.1) is 0 Å². The van der Waals surface area contributed by atoms with Gasteiger partial charge in [0.25, 0.3) is 0 Å². The van der Waals surface area contributed by atoms with Crippen LogP contribution < -0.4 is 4.72 Å². The van der Waals surface area contributed by atoms with Crippen LogP contribution in [0, 0.1) is 13.8 Å². The highest BCUT2D eigenvalue weighted by Gasteiger charge is 2.26. The molecule has 2 heterocycles. The van der Waals surface area contributed by atoms with Crippen molar-refractivity contribution in [1.29, 1.82) is 0 Å².